The second-order valence-electron chi connectivity index (χ2n) is 6.21. The van der Waals surface area contributed by atoms with E-state index in [0.717, 1.165) is 49.4 Å². The lowest BCUT2D eigenvalue weighted by molar-refractivity contribution is 0.174. The number of nitrogens with one attached hydrogen (secondary N) is 2. The van der Waals surface area contributed by atoms with Crippen molar-refractivity contribution in [1.29, 1.82) is 0 Å². The van der Waals surface area contributed by atoms with Gasteiger partial charge in [0.05, 0.1) is 0 Å². The average Bonchev–Trinajstić information content (AvgIpc) is 3.26. The van der Waals surface area contributed by atoms with Gasteiger partial charge in [-0.25, -0.2) is 0 Å². The molecule has 24 heavy (non-hydrogen) atoms. The SMILES string of the molecule is CCNC(=NCCCC1CC1)NCCc1ccc2c(c1)OCO2.I. The number of ether oxygens (including phenoxy) is 2. The summed E-state index contributed by atoms with van der Waals surface area (Å²) in [6, 6.07) is 6.13. The molecule has 1 heterocycles. The first-order valence-electron chi connectivity index (χ1n) is 8.76. The molecule has 0 atom stereocenters. The molecule has 1 aromatic rings. The Hall–Kier alpha value is -1.18. The lowest BCUT2D eigenvalue weighted by atomic mass is 10.1. The van der Waals surface area contributed by atoms with Gasteiger partial charge in [0.2, 0.25) is 6.79 Å². The largest absolute Gasteiger partial charge is 0.454 e. The van der Waals surface area contributed by atoms with E-state index >= 15 is 0 Å². The molecule has 1 aromatic carbocycles. The average molecular weight is 445 g/mol. The van der Waals surface area contributed by atoms with E-state index in [9.17, 15) is 0 Å². The van der Waals surface area contributed by atoms with Crippen LogP contribution in [0.25, 0.3) is 0 Å². The van der Waals surface area contributed by atoms with E-state index in [1.54, 1.807) is 0 Å². The summed E-state index contributed by atoms with van der Waals surface area (Å²) in [4.78, 5) is 4.65. The first-order chi connectivity index (χ1) is 11.3. The Balaban J connectivity index is 0.00000208. The van der Waals surface area contributed by atoms with Gasteiger partial charge in [0.25, 0.3) is 0 Å². The topological polar surface area (TPSA) is 54.9 Å². The molecule has 6 heteroatoms. The molecule has 0 saturated heterocycles. The van der Waals surface area contributed by atoms with Crippen LogP contribution in [0, 0.1) is 5.92 Å². The molecule has 1 saturated carbocycles. The molecular weight excluding hydrogens is 417 g/mol. The summed E-state index contributed by atoms with van der Waals surface area (Å²) in [5.41, 5.74) is 1.24. The van der Waals surface area contributed by atoms with E-state index < -0.39 is 0 Å². The molecule has 1 fully saturated rings. The number of fused-ring (bicyclic) bond motifs is 1. The van der Waals surface area contributed by atoms with Gasteiger partial charge in [0, 0.05) is 19.6 Å². The van der Waals surface area contributed by atoms with Crippen LogP contribution in [0.1, 0.15) is 38.2 Å². The molecule has 0 spiro atoms. The van der Waals surface area contributed by atoms with Gasteiger partial charge in [0.15, 0.2) is 17.5 Å². The summed E-state index contributed by atoms with van der Waals surface area (Å²) < 4.78 is 10.8. The molecule has 0 aromatic heterocycles. The van der Waals surface area contributed by atoms with Crippen LogP contribution in [-0.2, 0) is 6.42 Å². The quantitative estimate of drug-likeness (QED) is 0.279. The predicted octanol–water partition coefficient (Wildman–Crippen LogP) is 3.32. The Morgan fingerprint density at radius 2 is 2.04 bits per heavy atom. The standard InChI is InChI=1S/C18H27N3O2.HI/c1-2-19-18(20-10-3-4-14-5-6-14)21-11-9-15-7-8-16-17(12-15)23-13-22-16;/h7-8,12,14H,2-6,9-11,13H2,1H3,(H2,19,20,21);1H. The summed E-state index contributed by atoms with van der Waals surface area (Å²) in [5.74, 6) is 3.60. The van der Waals surface area contributed by atoms with Gasteiger partial charge >= 0.3 is 0 Å². The predicted molar refractivity (Wildman–Crippen MR) is 108 cm³/mol. The molecule has 2 N–H and O–H groups in total. The maximum Gasteiger partial charge on any atom is 0.231 e. The fraction of sp³-hybridized carbons (Fsp3) is 0.611. The molecule has 0 radical (unpaired) electrons. The third-order valence-electron chi connectivity index (χ3n) is 4.22. The van der Waals surface area contributed by atoms with E-state index in [-0.39, 0.29) is 24.0 Å². The first kappa shape index (κ1) is 19.1. The van der Waals surface area contributed by atoms with Crippen molar-refractivity contribution in [2.45, 2.75) is 39.0 Å². The smallest absolute Gasteiger partial charge is 0.231 e. The minimum atomic E-state index is 0. The number of halogens is 1. The summed E-state index contributed by atoms with van der Waals surface area (Å²) in [6.45, 7) is 5.08. The molecule has 1 aliphatic heterocycles. The van der Waals surface area contributed by atoms with E-state index in [4.69, 9.17) is 9.47 Å². The maximum atomic E-state index is 5.42. The van der Waals surface area contributed by atoms with Crippen LogP contribution in [-0.4, -0.2) is 32.4 Å². The number of rotatable bonds is 8. The molecule has 0 unspecified atom stereocenters. The highest BCUT2D eigenvalue weighted by Gasteiger charge is 2.19. The van der Waals surface area contributed by atoms with Crippen LogP contribution in [0.3, 0.4) is 0 Å². The van der Waals surface area contributed by atoms with Crippen molar-refractivity contribution < 1.29 is 9.47 Å². The fourth-order valence-electron chi connectivity index (χ4n) is 2.74. The van der Waals surface area contributed by atoms with Crippen molar-refractivity contribution in [3.05, 3.63) is 23.8 Å². The van der Waals surface area contributed by atoms with E-state index in [1.807, 2.05) is 6.07 Å². The first-order valence-corrected chi connectivity index (χ1v) is 8.76. The van der Waals surface area contributed by atoms with Crippen molar-refractivity contribution in [2.24, 2.45) is 10.9 Å². The summed E-state index contributed by atoms with van der Waals surface area (Å²) in [5, 5.41) is 6.72. The summed E-state index contributed by atoms with van der Waals surface area (Å²) >= 11 is 0. The van der Waals surface area contributed by atoms with Gasteiger partial charge in [0.1, 0.15) is 0 Å². The normalized spacial score (nSPS) is 15.8. The van der Waals surface area contributed by atoms with E-state index in [1.165, 1.54) is 31.2 Å². The highest BCUT2D eigenvalue weighted by atomic mass is 127. The van der Waals surface area contributed by atoms with E-state index in [0.29, 0.717) is 6.79 Å². The number of hydrogen-bond donors (Lipinski definition) is 2. The zero-order valence-electron chi connectivity index (χ0n) is 14.3. The minimum absolute atomic E-state index is 0. The zero-order chi connectivity index (χ0) is 15.9. The Kier molecular flexibility index (Phi) is 7.94. The lowest BCUT2D eigenvalue weighted by Gasteiger charge is -2.11. The summed E-state index contributed by atoms with van der Waals surface area (Å²) in [6.07, 6.45) is 6.32. The molecule has 1 aliphatic carbocycles. The molecule has 5 nitrogen and oxygen atoms in total. The van der Waals surface area contributed by atoms with Crippen LogP contribution in [0.5, 0.6) is 11.5 Å². The molecule has 3 rings (SSSR count). The van der Waals surface area contributed by atoms with Gasteiger partial charge in [-0.3, -0.25) is 4.99 Å². The Morgan fingerprint density at radius 3 is 2.83 bits per heavy atom. The monoisotopic (exact) mass is 445 g/mol. The number of aliphatic imine (C=N–C) groups is 1. The number of guanidine groups is 1. The Labute approximate surface area is 161 Å². The van der Waals surface area contributed by atoms with Gasteiger partial charge in [-0.15, -0.1) is 24.0 Å². The Bertz CT molecular complexity index is 547. The highest BCUT2D eigenvalue weighted by Crippen LogP contribution is 2.33. The van der Waals surface area contributed by atoms with Crippen LogP contribution < -0.4 is 20.1 Å². The van der Waals surface area contributed by atoms with Crippen LogP contribution in [0.4, 0.5) is 0 Å². The van der Waals surface area contributed by atoms with Gasteiger partial charge in [-0.2, -0.15) is 0 Å². The summed E-state index contributed by atoms with van der Waals surface area (Å²) in [7, 11) is 0. The van der Waals surface area contributed by atoms with Gasteiger partial charge in [-0.05, 0) is 49.8 Å². The second kappa shape index (κ2) is 9.96. The van der Waals surface area contributed by atoms with E-state index in [2.05, 4.69) is 34.7 Å². The minimum Gasteiger partial charge on any atom is -0.454 e. The maximum absolute atomic E-state index is 5.42. The highest BCUT2D eigenvalue weighted by molar-refractivity contribution is 14.0. The van der Waals surface area contributed by atoms with Gasteiger partial charge < -0.3 is 20.1 Å². The second-order valence-corrected chi connectivity index (χ2v) is 6.21. The van der Waals surface area contributed by atoms with Crippen molar-refractivity contribution in [3.63, 3.8) is 0 Å². The molecule has 2 aliphatic rings. The van der Waals surface area contributed by atoms with Crippen molar-refractivity contribution in [3.8, 4) is 11.5 Å². The lowest BCUT2D eigenvalue weighted by Crippen LogP contribution is -2.38. The van der Waals surface area contributed by atoms with Crippen LogP contribution in [0.15, 0.2) is 23.2 Å². The van der Waals surface area contributed by atoms with Crippen molar-refractivity contribution in [2.75, 3.05) is 26.4 Å². The molecular formula is C18H28IN3O2. The van der Waals surface area contributed by atoms with Crippen molar-refractivity contribution in [1.82, 2.24) is 10.6 Å². The molecule has 134 valence electrons. The van der Waals surface area contributed by atoms with Crippen molar-refractivity contribution >= 4 is 29.9 Å². The van der Waals surface area contributed by atoms with Crippen LogP contribution >= 0.6 is 24.0 Å². The third-order valence-corrected chi connectivity index (χ3v) is 4.22. The van der Waals surface area contributed by atoms with Crippen LogP contribution in [0.2, 0.25) is 0 Å². The third kappa shape index (κ3) is 6.03. The zero-order valence-corrected chi connectivity index (χ0v) is 16.7. The number of nitrogens with zero attached hydrogens (tertiary/aromatic N) is 1. The Morgan fingerprint density at radius 1 is 1.21 bits per heavy atom. The molecule has 0 bridgehead atoms. The fourth-order valence-corrected chi connectivity index (χ4v) is 2.74. The molecule has 0 amide bonds. The number of hydrogen-bond acceptors (Lipinski definition) is 3. The van der Waals surface area contributed by atoms with Gasteiger partial charge in [-0.1, -0.05) is 18.9 Å². The number of benzene rings is 1.